The number of nitrogens with zero attached hydrogens (tertiary/aromatic N) is 7. The monoisotopic (exact) mass is 291 g/mol. The standard InChI is InChI=1S/C11H17N9O/c1-7(2)19(4-8(12)21)10-16-9(13-3)17-11(18-10)20-6-14-5-15-20/h5-7H,4H2,1-3H3,(H2,12,21)(H,13,16,17,18). The van der Waals surface area contributed by atoms with Crippen LogP contribution in [0.2, 0.25) is 0 Å². The number of hydrogen-bond donors (Lipinski definition) is 2. The quantitative estimate of drug-likeness (QED) is 0.707. The third-order valence-corrected chi connectivity index (χ3v) is 2.67. The number of carbonyl (C=O) groups excluding carboxylic acids is 1. The molecule has 0 aliphatic carbocycles. The lowest BCUT2D eigenvalue weighted by Crippen LogP contribution is -2.40. The minimum absolute atomic E-state index is 0.00629. The highest BCUT2D eigenvalue weighted by Gasteiger charge is 2.18. The lowest BCUT2D eigenvalue weighted by atomic mass is 10.3. The van der Waals surface area contributed by atoms with Crippen molar-refractivity contribution in [3.05, 3.63) is 12.7 Å². The van der Waals surface area contributed by atoms with Gasteiger partial charge in [0.1, 0.15) is 12.7 Å². The molecule has 0 spiro atoms. The molecule has 0 aliphatic rings. The molecule has 10 heteroatoms. The molecule has 0 aromatic carbocycles. The van der Waals surface area contributed by atoms with Crippen LogP contribution in [0.3, 0.4) is 0 Å². The average molecular weight is 291 g/mol. The van der Waals surface area contributed by atoms with Gasteiger partial charge in [-0.3, -0.25) is 4.79 Å². The Balaban J connectivity index is 2.46. The van der Waals surface area contributed by atoms with Crippen molar-refractivity contribution in [1.82, 2.24) is 29.7 Å². The van der Waals surface area contributed by atoms with Crippen LogP contribution in [0.4, 0.5) is 11.9 Å². The highest BCUT2D eigenvalue weighted by atomic mass is 16.1. The molecule has 112 valence electrons. The molecule has 0 saturated carbocycles. The SMILES string of the molecule is CNc1nc(N(CC(N)=O)C(C)C)nc(-n2cncn2)n1. The molecule has 0 unspecified atom stereocenters. The predicted octanol–water partition coefficient (Wildman–Crippen LogP) is -0.806. The summed E-state index contributed by atoms with van der Waals surface area (Å²) in [5.41, 5.74) is 5.28. The van der Waals surface area contributed by atoms with Crippen molar-refractivity contribution in [1.29, 1.82) is 0 Å². The summed E-state index contributed by atoms with van der Waals surface area (Å²) in [4.78, 5) is 29.5. The zero-order valence-corrected chi connectivity index (χ0v) is 12.1. The molecule has 1 amide bonds. The van der Waals surface area contributed by atoms with Crippen LogP contribution in [0.1, 0.15) is 13.8 Å². The summed E-state index contributed by atoms with van der Waals surface area (Å²) in [5.74, 6) is 0.545. The van der Waals surface area contributed by atoms with E-state index in [9.17, 15) is 4.79 Å². The molecule has 0 saturated heterocycles. The molecule has 0 atom stereocenters. The van der Waals surface area contributed by atoms with Crippen LogP contribution >= 0.6 is 0 Å². The second-order valence-corrected chi connectivity index (χ2v) is 4.54. The van der Waals surface area contributed by atoms with Gasteiger partial charge in [-0.05, 0) is 13.8 Å². The van der Waals surface area contributed by atoms with E-state index in [1.165, 1.54) is 17.3 Å². The van der Waals surface area contributed by atoms with E-state index >= 15 is 0 Å². The van der Waals surface area contributed by atoms with Gasteiger partial charge in [-0.1, -0.05) is 0 Å². The fraction of sp³-hybridized carbons (Fsp3) is 0.455. The van der Waals surface area contributed by atoms with E-state index in [-0.39, 0.29) is 12.6 Å². The highest BCUT2D eigenvalue weighted by molar-refractivity contribution is 5.79. The Kier molecular flexibility index (Phi) is 4.26. The van der Waals surface area contributed by atoms with Crippen LogP contribution < -0.4 is 16.0 Å². The lowest BCUT2D eigenvalue weighted by molar-refractivity contribution is -0.116. The lowest BCUT2D eigenvalue weighted by Gasteiger charge is -2.25. The Bertz CT molecular complexity index is 610. The summed E-state index contributed by atoms with van der Waals surface area (Å²) >= 11 is 0. The number of nitrogens with two attached hydrogens (primary N) is 1. The first-order chi connectivity index (χ1) is 10.0. The Labute approximate surface area is 121 Å². The molecular weight excluding hydrogens is 274 g/mol. The number of primary amides is 1. The van der Waals surface area contributed by atoms with E-state index in [2.05, 4.69) is 30.4 Å². The van der Waals surface area contributed by atoms with Crippen molar-refractivity contribution in [3.63, 3.8) is 0 Å². The molecule has 21 heavy (non-hydrogen) atoms. The predicted molar refractivity (Wildman–Crippen MR) is 76.0 cm³/mol. The largest absolute Gasteiger partial charge is 0.368 e. The summed E-state index contributed by atoms with van der Waals surface area (Å²) in [6, 6.07) is -0.00629. The third-order valence-electron chi connectivity index (χ3n) is 2.67. The van der Waals surface area contributed by atoms with Gasteiger partial charge in [0, 0.05) is 13.1 Å². The first-order valence-corrected chi connectivity index (χ1v) is 6.35. The number of rotatable bonds is 6. The summed E-state index contributed by atoms with van der Waals surface area (Å²) in [7, 11) is 1.69. The summed E-state index contributed by atoms with van der Waals surface area (Å²) < 4.78 is 1.41. The molecule has 2 aromatic rings. The smallest absolute Gasteiger partial charge is 0.258 e. The van der Waals surface area contributed by atoms with Gasteiger partial charge in [0.25, 0.3) is 5.95 Å². The highest BCUT2D eigenvalue weighted by Crippen LogP contribution is 2.14. The third kappa shape index (κ3) is 3.41. The van der Waals surface area contributed by atoms with Crippen LogP contribution in [0.15, 0.2) is 12.7 Å². The van der Waals surface area contributed by atoms with Crippen LogP contribution in [-0.4, -0.2) is 55.3 Å². The van der Waals surface area contributed by atoms with Gasteiger partial charge in [0.15, 0.2) is 0 Å². The van der Waals surface area contributed by atoms with Crippen LogP contribution in [0.25, 0.3) is 5.95 Å². The van der Waals surface area contributed by atoms with E-state index in [1.807, 2.05) is 13.8 Å². The van der Waals surface area contributed by atoms with Gasteiger partial charge in [-0.25, -0.2) is 4.98 Å². The fourth-order valence-corrected chi connectivity index (χ4v) is 1.66. The van der Waals surface area contributed by atoms with Crippen molar-refractivity contribution < 1.29 is 4.79 Å². The van der Waals surface area contributed by atoms with Gasteiger partial charge in [0.2, 0.25) is 17.8 Å². The summed E-state index contributed by atoms with van der Waals surface area (Å²) in [5, 5.41) is 6.83. The van der Waals surface area contributed by atoms with Crippen molar-refractivity contribution in [2.24, 2.45) is 5.73 Å². The van der Waals surface area contributed by atoms with Crippen LogP contribution in [-0.2, 0) is 4.79 Å². The van der Waals surface area contributed by atoms with Crippen molar-refractivity contribution in [2.45, 2.75) is 19.9 Å². The molecule has 2 rings (SSSR count). The van der Waals surface area contributed by atoms with Gasteiger partial charge in [-0.2, -0.15) is 24.7 Å². The van der Waals surface area contributed by atoms with Gasteiger partial charge < -0.3 is 16.0 Å². The number of anilines is 2. The second kappa shape index (κ2) is 6.11. The number of nitrogens with one attached hydrogen (secondary N) is 1. The Hall–Kier alpha value is -2.78. The van der Waals surface area contributed by atoms with Crippen molar-refractivity contribution in [2.75, 3.05) is 23.8 Å². The molecule has 0 fully saturated rings. The molecule has 0 aliphatic heterocycles. The van der Waals surface area contributed by atoms with E-state index in [1.54, 1.807) is 11.9 Å². The normalized spacial score (nSPS) is 10.7. The van der Waals surface area contributed by atoms with Gasteiger partial charge in [-0.15, -0.1) is 0 Å². The van der Waals surface area contributed by atoms with E-state index in [0.717, 1.165) is 0 Å². The summed E-state index contributed by atoms with van der Waals surface area (Å²) in [6.45, 7) is 3.85. The molecule has 3 N–H and O–H groups in total. The molecule has 2 heterocycles. The Morgan fingerprint density at radius 2 is 2.19 bits per heavy atom. The van der Waals surface area contributed by atoms with Crippen molar-refractivity contribution in [3.8, 4) is 5.95 Å². The van der Waals surface area contributed by atoms with E-state index in [4.69, 9.17) is 5.73 Å². The average Bonchev–Trinajstić information content (AvgIpc) is 2.98. The van der Waals surface area contributed by atoms with E-state index < -0.39 is 5.91 Å². The zero-order valence-electron chi connectivity index (χ0n) is 12.1. The van der Waals surface area contributed by atoms with Crippen LogP contribution in [0, 0.1) is 0 Å². The fourth-order valence-electron chi connectivity index (χ4n) is 1.66. The maximum absolute atomic E-state index is 11.2. The summed E-state index contributed by atoms with van der Waals surface area (Å²) in [6.07, 6.45) is 2.86. The Morgan fingerprint density at radius 3 is 2.71 bits per heavy atom. The first-order valence-electron chi connectivity index (χ1n) is 6.35. The minimum atomic E-state index is -0.461. The Morgan fingerprint density at radius 1 is 1.43 bits per heavy atom. The van der Waals surface area contributed by atoms with Crippen LogP contribution in [0.5, 0.6) is 0 Å². The molecular formula is C11H17N9O. The second-order valence-electron chi connectivity index (χ2n) is 4.54. The van der Waals surface area contributed by atoms with Gasteiger partial charge >= 0.3 is 0 Å². The number of aromatic nitrogens is 6. The van der Waals surface area contributed by atoms with E-state index in [0.29, 0.717) is 17.8 Å². The number of amides is 1. The molecule has 0 radical (unpaired) electrons. The maximum atomic E-state index is 11.2. The number of carbonyl (C=O) groups is 1. The zero-order chi connectivity index (χ0) is 15.4. The maximum Gasteiger partial charge on any atom is 0.258 e. The minimum Gasteiger partial charge on any atom is -0.368 e. The first kappa shape index (κ1) is 14.6. The topological polar surface area (TPSA) is 128 Å². The number of hydrogen-bond acceptors (Lipinski definition) is 8. The molecule has 0 bridgehead atoms. The molecule has 2 aromatic heterocycles. The van der Waals surface area contributed by atoms with Crippen molar-refractivity contribution >= 4 is 17.8 Å². The molecule has 10 nitrogen and oxygen atoms in total. The van der Waals surface area contributed by atoms with Gasteiger partial charge in [0.05, 0.1) is 6.54 Å².